The van der Waals surface area contributed by atoms with Crippen LogP contribution >= 0.6 is 11.3 Å². The molecule has 2 aromatic rings. The third-order valence-electron chi connectivity index (χ3n) is 1.78. The van der Waals surface area contributed by atoms with Gasteiger partial charge in [-0.2, -0.15) is 0 Å². The maximum atomic E-state index is 4.24. The van der Waals surface area contributed by atoms with E-state index in [1.807, 2.05) is 11.6 Å². The molecule has 0 aliphatic rings. The van der Waals surface area contributed by atoms with Crippen LogP contribution in [0.2, 0.25) is 0 Å². The summed E-state index contributed by atoms with van der Waals surface area (Å²) >= 11 is 1.66. The molecule has 2 nitrogen and oxygen atoms in total. The van der Waals surface area contributed by atoms with Gasteiger partial charge in [0, 0.05) is 12.2 Å². The maximum Gasteiger partial charge on any atom is 0.0832 e. The van der Waals surface area contributed by atoms with E-state index in [9.17, 15) is 0 Å². The van der Waals surface area contributed by atoms with Crippen molar-refractivity contribution in [2.45, 2.75) is 0 Å². The quantitative estimate of drug-likeness (QED) is 0.753. The highest BCUT2D eigenvalue weighted by molar-refractivity contribution is 7.16. The van der Waals surface area contributed by atoms with E-state index in [0.29, 0.717) is 0 Å². The number of nitrogens with zero attached hydrogens (tertiary/aromatic N) is 1. The highest BCUT2D eigenvalue weighted by Crippen LogP contribution is 2.21. The Labute approximate surface area is 80.9 Å². The fourth-order valence-corrected chi connectivity index (χ4v) is 1.82. The molecule has 0 amide bonds. The van der Waals surface area contributed by atoms with Gasteiger partial charge in [-0.25, -0.2) is 4.98 Å². The molecule has 1 aromatic carbocycles. The first kappa shape index (κ1) is 8.26. The van der Waals surface area contributed by atoms with Crippen LogP contribution in [0.25, 0.3) is 10.2 Å². The minimum absolute atomic E-state index is 0.787. The Morgan fingerprint density at radius 2 is 2.46 bits per heavy atom. The lowest BCUT2D eigenvalue weighted by Gasteiger charge is -2.01. The molecule has 1 aromatic heterocycles. The topological polar surface area (TPSA) is 24.9 Å². The first-order valence-corrected chi connectivity index (χ1v) is 4.96. The number of aromatic nitrogens is 1. The zero-order valence-electron chi connectivity index (χ0n) is 7.16. The Morgan fingerprint density at radius 3 is 3.31 bits per heavy atom. The predicted octanol–water partition coefficient (Wildman–Crippen LogP) is 2.89. The number of benzene rings is 1. The molecule has 3 heteroatoms. The van der Waals surface area contributed by atoms with Gasteiger partial charge in [0.25, 0.3) is 0 Å². The van der Waals surface area contributed by atoms with Gasteiger partial charge in [0.2, 0.25) is 0 Å². The number of anilines is 1. The van der Waals surface area contributed by atoms with Crippen LogP contribution in [-0.4, -0.2) is 11.5 Å². The molecular formula is C10H10N2S. The second kappa shape index (κ2) is 3.58. The molecule has 0 bridgehead atoms. The third kappa shape index (κ3) is 1.70. The van der Waals surface area contributed by atoms with Crippen LogP contribution in [-0.2, 0) is 0 Å². The molecule has 0 fully saturated rings. The molecule has 0 unspecified atom stereocenters. The molecule has 0 saturated carbocycles. The summed E-state index contributed by atoms with van der Waals surface area (Å²) in [5.74, 6) is 0. The van der Waals surface area contributed by atoms with Gasteiger partial charge in [-0.05, 0) is 18.2 Å². The van der Waals surface area contributed by atoms with Gasteiger partial charge in [0.15, 0.2) is 0 Å². The number of rotatable bonds is 3. The van der Waals surface area contributed by atoms with E-state index in [0.717, 1.165) is 17.7 Å². The minimum atomic E-state index is 0.787. The summed E-state index contributed by atoms with van der Waals surface area (Å²) in [5, 5.41) is 3.22. The number of hydrogen-bond donors (Lipinski definition) is 1. The van der Waals surface area contributed by atoms with Crippen molar-refractivity contribution in [1.82, 2.24) is 4.98 Å². The molecule has 0 saturated heterocycles. The van der Waals surface area contributed by atoms with Crippen molar-refractivity contribution in [2.75, 3.05) is 11.9 Å². The van der Waals surface area contributed by atoms with Crippen molar-refractivity contribution >= 4 is 27.2 Å². The molecule has 13 heavy (non-hydrogen) atoms. The summed E-state index contributed by atoms with van der Waals surface area (Å²) in [6, 6.07) is 6.19. The molecule has 0 spiro atoms. The van der Waals surface area contributed by atoms with E-state index in [1.54, 1.807) is 11.3 Å². The lowest BCUT2D eigenvalue weighted by atomic mass is 10.3. The molecule has 2 rings (SSSR count). The molecule has 0 atom stereocenters. The fourth-order valence-electron chi connectivity index (χ4n) is 1.16. The molecule has 66 valence electrons. The summed E-state index contributed by atoms with van der Waals surface area (Å²) in [6.07, 6.45) is 1.84. The first-order valence-electron chi connectivity index (χ1n) is 4.08. The molecule has 1 heterocycles. The normalized spacial score (nSPS) is 10.2. The SMILES string of the molecule is C=CCNc1ccc2scnc2c1. The predicted molar refractivity (Wildman–Crippen MR) is 58.3 cm³/mol. The second-order valence-corrected chi connectivity index (χ2v) is 3.59. The number of nitrogens with one attached hydrogen (secondary N) is 1. The summed E-state index contributed by atoms with van der Waals surface area (Å²) in [5.41, 5.74) is 4.01. The Hall–Kier alpha value is -1.35. The first-order chi connectivity index (χ1) is 6.40. The largest absolute Gasteiger partial charge is 0.382 e. The summed E-state index contributed by atoms with van der Waals surface area (Å²) in [6.45, 7) is 4.44. The van der Waals surface area contributed by atoms with Crippen LogP contribution in [0.5, 0.6) is 0 Å². The molecule has 0 radical (unpaired) electrons. The number of hydrogen-bond acceptors (Lipinski definition) is 3. The smallest absolute Gasteiger partial charge is 0.0832 e. The van der Waals surface area contributed by atoms with Gasteiger partial charge in [-0.1, -0.05) is 6.08 Å². The maximum absolute atomic E-state index is 4.24. The van der Waals surface area contributed by atoms with E-state index < -0.39 is 0 Å². The van der Waals surface area contributed by atoms with Gasteiger partial charge in [-0.15, -0.1) is 17.9 Å². The Morgan fingerprint density at radius 1 is 1.54 bits per heavy atom. The Kier molecular flexibility index (Phi) is 2.27. The van der Waals surface area contributed by atoms with Crippen molar-refractivity contribution in [3.05, 3.63) is 36.4 Å². The van der Waals surface area contributed by atoms with Gasteiger partial charge in [0.1, 0.15) is 0 Å². The Balaban J connectivity index is 2.31. The van der Waals surface area contributed by atoms with Crippen molar-refractivity contribution in [3.63, 3.8) is 0 Å². The van der Waals surface area contributed by atoms with Gasteiger partial charge in [-0.3, -0.25) is 0 Å². The summed E-state index contributed by atoms with van der Waals surface area (Å²) in [7, 11) is 0. The van der Waals surface area contributed by atoms with Crippen molar-refractivity contribution in [2.24, 2.45) is 0 Å². The Bertz CT molecular complexity index is 420. The zero-order valence-corrected chi connectivity index (χ0v) is 7.97. The van der Waals surface area contributed by atoms with Crippen LogP contribution in [0.3, 0.4) is 0 Å². The molecule has 0 aliphatic heterocycles. The van der Waals surface area contributed by atoms with Crippen molar-refractivity contribution in [1.29, 1.82) is 0 Å². The number of fused-ring (bicyclic) bond motifs is 1. The lowest BCUT2D eigenvalue weighted by molar-refractivity contribution is 1.34. The summed E-state index contributed by atoms with van der Waals surface area (Å²) in [4.78, 5) is 4.24. The monoisotopic (exact) mass is 190 g/mol. The molecule has 0 aliphatic carbocycles. The van der Waals surface area contributed by atoms with Gasteiger partial charge >= 0.3 is 0 Å². The van der Waals surface area contributed by atoms with Crippen LogP contribution in [0, 0.1) is 0 Å². The summed E-state index contributed by atoms with van der Waals surface area (Å²) < 4.78 is 1.23. The van der Waals surface area contributed by atoms with Gasteiger partial charge < -0.3 is 5.32 Å². The fraction of sp³-hybridized carbons (Fsp3) is 0.100. The van der Waals surface area contributed by atoms with E-state index in [2.05, 4.69) is 35.1 Å². The van der Waals surface area contributed by atoms with Crippen molar-refractivity contribution < 1.29 is 0 Å². The van der Waals surface area contributed by atoms with Crippen LogP contribution in [0.15, 0.2) is 36.4 Å². The van der Waals surface area contributed by atoms with Crippen LogP contribution < -0.4 is 5.32 Å². The van der Waals surface area contributed by atoms with E-state index in [4.69, 9.17) is 0 Å². The van der Waals surface area contributed by atoms with Gasteiger partial charge in [0.05, 0.1) is 15.7 Å². The van der Waals surface area contributed by atoms with Crippen LogP contribution in [0.4, 0.5) is 5.69 Å². The van der Waals surface area contributed by atoms with Crippen LogP contribution in [0.1, 0.15) is 0 Å². The highest BCUT2D eigenvalue weighted by Gasteiger charge is 1.96. The highest BCUT2D eigenvalue weighted by atomic mass is 32.1. The van der Waals surface area contributed by atoms with E-state index >= 15 is 0 Å². The number of thiazole rings is 1. The van der Waals surface area contributed by atoms with E-state index in [1.165, 1.54) is 4.70 Å². The second-order valence-electron chi connectivity index (χ2n) is 2.70. The minimum Gasteiger partial charge on any atom is -0.382 e. The third-order valence-corrected chi connectivity index (χ3v) is 2.59. The zero-order chi connectivity index (χ0) is 9.10. The van der Waals surface area contributed by atoms with E-state index in [-0.39, 0.29) is 0 Å². The average Bonchev–Trinajstić information content (AvgIpc) is 2.61. The van der Waals surface area contributed by atoms with Crippen molar-refractivity contribution in [3.8, 4) is 0 Å². The average molecular weight is 190 g/mol. The lowest BCUT2D eigenvalue weighted by Crippen LogP contribution is -1.96. The standard InChI is InChI=1S/C10H10N2S/c1-2-5-11-8-3-4-10-9(6-8)12-7-13-10/h2-4,6-7,11H,1,5H2. The molecule has 1 N–H and O–H groups in total. The molecular weight excluding hydrogens is 180 g/mol.